The van der Waals surface area contributed by atoms with E-state index >= 15 is 0 Å². The molecule has 24 heavy (non-hydrogen) atoms. The van der Waals surface area contributed by atoms with E-state index in [9.17, 15) is 0 Å². The van der Waals surface area contributed by atoms with E-state index in [1.165, 1.54) is 38.9 Å². The number of aromatic nitrogens is 1. The van der Waals surface area contributed by atoms with Gasteiger partial charge < -0.3 is 15.5 Å². The van der Waals surface area contributed by atoms with Crippen LogP contribution in [-0.4, -0.2) is 55.6 Å². The van der Waals surface area contributed by atoms with Gasteiger partial charge >= 0.3 is 0 Å². The molecule has 0 bridgehead atoms. The number of halogens is 1. The lowest BCUT2D eigenvalue weighted by Gasteiger charge is -2.30. The molecule has 1 aliphatic heterocycles. The molecular weight excluding hydrogens is 433 g/mol. The lowest BCUT2D eigenvalue weighted by atomic mass is 10.0. The molecule has 0 radical (unpaired) electrons. The molecule has 1 aromatic heterocycles. The molecular formula is C17H32IN5S. The second kappa shape index (κ2) is 12.0. The molecule has 2 N–H and O–H groups in total. The largest absolute Gasteiger partial charge is 0.356 e. The summed E-state index contributed by atoms with van der Waals surface area (Å²) in [7, 11) is 1.83. The van der Waals surface area contributed by atoms with Gasteiger partial charge in [-0.05, 0) is 45.2 Å². The van der Waals surface area contributed by atoms with Gasteiger partial charge in [0.05, 0.1) is 10.7 Å². The number of piperidine rings is 1. The minimum absolute atomic E-state index is 0. The SMILES string of the molecule is CN=C(NCCCN1CCCC(C)C1)NCCc1csc(C)n1.I. The van der Waals surface area contributed by atoms with Gasteiger partial charge in [-0.1, -0.05) is 6.92 Å². The Hall–Kier alpha value is -0.410. The van der Waals surface area contributed by atoms with Crippen molar-refractivity contribution in [1.29, 1.82) is 0 Å². The standard InChI is InChI=1S/C17H31N5S.HI/c1-14-6-4-10-22(12-14)11-5-8-19-17(18-3)20-9-7-16-13-23-15(2)21-16;/h13-14H,4-12H2,1-3H3,(H2,18,19,20);1H. The van der Waals surface area contributed by atoms with Crippen molar-refractivity contribution in [3.8, 4) is 0 Å². The maximum Gasteiger partial charge on any atom is 0.190 e. The summed E-state index contributed by atoms with van der Waals surface area (Å²) in [5.74, 6) is 1.75. The van der Waals surface area contributed by atoms with Crippen LogP contribution in [-0.2, 0) is 6.42 Å². The Kier molecular flexibility index (Phi) is 10.8. The van der Waals surface area contributed by atoms with Gasteiger partial charge in [-0.3, -0.25) is 4.99 Å². The van der Waals surface area contributed by atoms with Crippen LogP contribution in [0.15, 0.2) is 10.4 Å². The normalized spacial score (nSPS) is 19.0. The summed E-state index contributed by atoms with van der Waals surface area (Å²) in [6.45, 7) is 9.97. The fourth-order valence-corrected chi connectivity index (χ4v) is 3.70. The summed E-state index contributed by atoms with van der Waals surface area (Å²) in [5.41, 5.74) is 1.16. The van der Waals surface area contributed by atoms with Gasteiger partial charge in [0.15, 0.2) is 5.96 Å². The molecule has 0 saturated carbocycles. The minimum atomic E-state index is 0. The molecule has 1 aromatic rings. The van der Waals surface area contributed by atoms with E-state index < -0.39 is 0 Å². The number of nitrogens with one attached hydrogen (secondary N) is 2. The van der Waals surface area contributed by atoms with Crippen molar-refractivity contribution in [2.75, 3.05) is 39.8 Å². The first-order valence-corrected chi connectivity index (χ1v) is 9.63. The Morgan fingerprint density at radius 2 is 2.21 bits per heavy atom. The van der Waals surface area contributed by atoms with E-state index in [4.69, 9.17) is 0 Å². The highest BCUT2D eigenvalue weighted by molar-refractivity contribution is 14.0. The molecule has 1 aliphatic rings. The molecule has 7 heteroatoms. The van der Waals surface area contributed by atoms with Crippen molar-refractivity contribution in [1.82, 2.24) is 20.5 Å². The Bertz CT molecular complexity index is 491. The lowest BCUT2D eigenvalue weighted by molar-refractivity contribution is 0.182. The van der Waals surface area contributed by atoms with Crippen LogP contribution in [0.4, 0.5) is 0 Å². The van der Waals surface area contributed by atoms with Gasteiger partial charge in [0, 0.05) is 38.5 Å². The number of nitrogens with zero attached hydrogens (tertiary/aromatic N) is 3. The Morgan fingerprint density at radius 3 is 2.88 bits per heavy atom. The molecule has 0 amide bonds. The molecule has 138 valence electrons. The lowest BCUT2D eigenvalue weighted by Crippen LogP contribution is -2.40. The van der Waals surface area contributed by atoms with E-state index in [2.05, 4.69) is 37.8 Å². The summed E-state index contributed by atoms with van der Waals surface area (Å²) < 4.78 is 0. The van der Waals surface area contributed by atoms with Crippen molar-refractivity contribution in [3.05, 3.63) is 16.1 Å². The zero-order valence-corrected chi connectivity index (χ0v) is 18.3. The van der Waals surface area contributed by atoms with E-state index in [-0.39, 0.29) is 24.0 Å². The van der Waals surface area contributed by atoms with E-state index in [0.717, 1.165) is 42.1 Å². The van der Waals surface area contributed by atoms with Gasteiger partial charge in [0.1, 0.15) is 0 Å². The monoisotopic (exact) mass is 465 g/mol. The Balaban J connectivity index is 0.00000288. The first-order chi connectivity index (χ1) is 11.2. The van der Waals surface area contributed by atoms with E-state index in [1.807, 2.05) is 14.0 Å². The molecule has 0 spiro atoms. The minimum Gasteiger partial charge on any atom is -0.356 e. The second-order valence-corrected chi connectivity index (χ2v) is 7.50. The third kappa shape index (κ3) is 8.11. The number of likely N-dealkylation sites (tertiary alicyclic amines) is 1. The van der Waals surface area contributed by atoms with Crippen LogP contribution in [0.1, 0.15) is 36.9 Å². The Morgan fingerprint density at radius 1 is 1.42 bits per heavy atom. The summed E-state index contributed by atoms with van der Waals surface area (Å²) in [5, 5.41) is 10.0. The molecule has 0 aromatic carbocycles. The number of hydrogen-bond acceptors (Lipinski definition) is 4. The van der Waals surface area contributed by atoms with Crippen molar-refractivity contribution in [2.45, 2.75) is 39.5 Å². The topological polar surface area (TPSA) is 52.6 Å². The van der Waals surface area contributed by atoms with Crippen LogP contribution in [0.3, 0.4) is 0 Å². The average molecular weight is 465 g/mol. The number of guanidine groups is 1. The maximum atomic E-state index is 4.48. The van der Waals surface area contributed by atoms with Crippen molar-refractivity contribution in [2.24, 2.45) is 10.9 Å². The maximum absolute atomic E-state index is 4.48. The van der Waals surface area contributed by atoms with Gasteiger partial charge in [-0.15, -0.1) is 35.3 Å². The Labute approximate surface area is 167 Å². The van der Waals surface area contributed by atoms with E-state index in [1.54, 1.807) is 11.3 Å². The highest BCUT2D eigenvalue weighted by Crippen LogP contribution is 2.15. The predicted octanol–water partition coefficient (Wildman–Crippen LogP) is 2.90. The van der Waals surface area contributed by atoms with Crippen LogP contribution in [0.2, 0.25) is 0 Å². The van der Waals surface area contributed by atoms with Crippen LogP contribution >= 0.6 is 35.3 Å². The van der Waals surface area contributed by atoms with Gasteiger partial charge in [0.25, 0.3) is 0 Å². The molecule has 1 fully saturated rings. The summed E-state index contributed by atoms with van der Waals surface area (Å²) >= 11 is 1.71. The first-order valence-electron chi connectivity index (χ1n) is 8.75. The molecule has 0 aliphatic carbocycles. The van der Waals surface area contributed by atoms with Gasteiger partial charge in [0.2, 0.25) is 0 Å². The zero-order chi connectivity index (χ0) is 16.5. The average Bonchev–Trinajstić information content (AvgIpc) is 2.95. The summed E-state index contributed by atoms with van der Waals surface area (Å²) in [4.78, 5) is 11.4. The smallest absolute Gasteiger partial charge is 0.190 e. The highest BCUT2D eigenvalue weighted by atomic mass is 127. The fraction of sp³-hybridized carbons (Fsp3) is 0.765. The number of hydrogen-bond donors (Lipinski definition) is 2. The number of thiazole rings is 1. The third-order valence-electron chi connectivity index (χ3n) is 4.25. The van der Waals surface area contributed by atoms with Crippen LogP contribution in [0.5, 0.6) is 0 Å². The van der Waals surface area contributed by atoms with Gasteiger partial charge in [-0.25, -0.2) is 4.98 Å². The molecule has 2 rings (SSSR count). The molecule has 1 atom stereocenters. The van der Waals surface area contributed by atoms with Crippen molar-refractivity contribution in [3.63, 3.8) is 0 Å². The summed E-state index contributed by atoms with van der Waals surface area (Å²) in [6, 6.07) is 0. The molecule has 5 nitrogen and oxygen atoms in total. The number of rotatable bonds is 7. The third-order valence-corrected chi connectivity index (χ3v) is 5.07. The van der Waals surface area contributed by atoms with Crippen LogP contribution in [0.25, 0.3) is 0 Å². The van der Waals surface area contributed by atoms with Crippen molar-refractivity contribution >= 4 is 41.3 Å². The highest BCUT2D eigenvalue weighted by Gasteiger charge is 2.15. The molecule has 1 saturated heterocycles. The van der Waals surface area contributed by atoms with Crippen molar-refractivity contribution < 1.29 is 0 Å². The fourth-order valence-electron chi connectivity index (χ4n) is 3.05. The van der Waals surface area contributed by atoms with Crippen LogP contribution in [0, 0.1) is 12.8 Å². The first kappa shape index (κ1) is 21.6. The number of aryl methyl sites for hydroxylation is 1. The quantitative estimate of drug-likeness (QED) is 0.282. The van der Waals surface area contributed by atoms with Crippen LogP contribution < -0.4 is 10.6 Å². The predicted molar refractivity (Wildman–Crippen MR) is 115 cm³/mol. The van der Waals surface area contributed by atoms with E-state index in [0.29, 0.717) is 0 Å². The number of aliphatic imine (C=N–C) groups is 1. The van der Waals surface area contributed by atoms with Gasteiger partial charge in [-0.2, -0.15) is 0 Å². The second-order valence-electron chi connectivity index (χ2n) is 6.44. The molecule has 2 heterocycles. The zero-order valence-electron chi connectivity index (χ0n) is 15.2. The summed E-state index contributed by atoms with van der Waals surface area (Å²) in [6.07, 6.45) is 4.85. The molecule has 1 unspecified atom stereocenters.